The Balaban J connectivity index is 1.91. The second-order valence-electron chi connectivity index (χ2n) is 7.73. The number of aliphatic hydroxyl groups is 1. The second kappa shape index (κ2) is 11.0. The van der Waals surface area contributed by atoms with Crippen molar-refractivity contribution in [1.29, 1.82) is 0 Å². The maximum Gasteiger partial charge on any atom is 0.387 e. The summed E-state index contributed by atoms with van der Waals surface area (Å²) >= 11 is 0. The monoisotopic (exact) mass is 460 g/mol. The predicted octanol–water partition coefficient (Wildman–Crippen LogP) is 0.741. The summed E-state index contributed by atoms with van der Waals surface area (Å²) in [4.78, 5) is 37.5. The average Bonchev–Trinajstić information content (AvgIpc) is 3.18. The number of urea groups is 1. The van der Waals surface area contributed by atoms with Crippen molar-refractivity contribution in [3.8, 4) is 5.75 Å². The van der Waals surface area contributed by atoms with Gasteiger partial charge >= 0.3 is 12.6 Å². The van der Waals surface area contributed by atoms with Crippen molar-refractivity contribution in [2.75, 3.05) is 13.1 Å². The smallest absolute Gasteiger partial charge is 0.387 e. The van der Waals surface area contributed by atoms with Crippen molar-refractivity contribution in [1.82, 2.24) is 15.5 Å². The van der Waals surface area contributed by atoms with Crippen molar-refractivity contribution >= 4 is 17.8 Å². The SMILES string of the molecule is CC(O)C(NC(N)=O)C(=O)NC(C)C1CCN(C(=O)Cc2ccc(OC(F)F)c(F)c2)C1. The first-order chi connectivity index (χ1) is 15.0. The molecule has 2 rings (SSSR count). The van der Waals surface area contributed by atoms with E-state index in [4.69, 9.17) is 5.73 Å². The topological polar surface area (TPSA) is 134 Å². The number of nitrogens with two attached hydrogens (primary N) is 1. The van der Waals surface area contributed by atoms with Gasteiger partial charge in [-0.1, -0.05) is 6.07 Å². The van der Waals surface area contributed by atoms with Crippen molar-refractivity contribution in [2.24, 2.45) is 11.7 Å². The van der Waals surface area contributed by atoms with Gasteiger partial charge in [0.2, 0.25) is 11.8 Å². The molecule has 1 heterocycles. The summed E-state index contributed by atoms with van der Waals surface area (Å²) in [6.07, 6.45) is -0.675. The first kappa shape index (κ1) is 25.2. The van der Waals surface area contributed by atoms with Gasteiger partial charge in [-0.05, 0) is 43.9 Å². The highest BCUT2D eigenvalue weighted by Gasteiger charge is 2.33. The lowest BCUT2D eigenvalue weighted by molar-refractivity contribution is -0.129. The van der Waals surface area contributed by atoms with Crippen LogP contribution in [0, 0.1) is 11.7 Å². The normalized spacial score (nSPS) is 18.7. The molecule has 0 radical (unpaired) electrons. The standard InChI is InChI=1S/C20H27F3N4O5/c1-10(25-18(30)17(11(2)28)26-20(24)31)13-5-6-27(9-13)16(29)8-12-3-4-15(14(21)7-12)32-19(22)23/h3-4,7,10-11,13,17,19,28H,5-6,8-9H2,1-2H3,(H,25,30)(H3,24,26,31). The van der Waals surface area contributed by atoms with Gasteiger partial charge in [0.1, 0.15) is 6.04 Å². The second-order valence-corrected chi connectivity index (χ2v) is 7.73. The molecule has 9 nitrogen and oxygen atoms in total. The molecule has 0 bridgehead atoms. The zero-order valence-corrected chi connectivity index (χ0v) is 17.7. The third-order valence-electron chi connectivity index (χ3n) is 5.28. The van der Waals surface area contributed by atoms with Gasteiger partial charge in [-0.15, -0.1) is 0 Å². The van der Waals surface area contributed by atoms with Gasteiger partial charge in [-0.3, -0.25) is 9.59 Å². The number of nitrogens with one attached hydrogen (secondary N) is 2. The Kier molecular flexibility index (Phi) is 8.70. The fourth-order valence-electron chi connectivity index (χ4n) is 3.54. The molecule has 4 unspecified atom stereocenters. The van der Waals surface area contributed by atoms with Crippen LogP contribution in [0.2, 0.25) is 0 Å². The molecule has 178 valence electrons. The summed E-state index contributed by atoms with van der Waals surface area (Å²) in [5.74, 6) is -2.53. The highest BCUT2D eigenvalue weighted by molar-refractivity contribution is 5.87. The first-order valence-corrected chi connectivity index (χ1v) is 10.0. The largest absolute Gasteiger partial charge is 0.432 e. The Bertz CT molecular complexity index is 839. The highest BCUT2D eigenvalue weighted by atomic mass is 19.3. The zero-order valence-electron chi connectivity index (χ0n) is 17.7. The van der Waals surface area contributed by atoms with Crippen LogP contribution >= 0.6 is 0 Å². The van der Waals surface area contributed by atoms with Crippen LogP contribution in [0.4, 0.5) is 18.0 Å². The van der Waals surface area contributed by atoms with E-state index in [1.54, 1.807) is 11.8 Å². The lowest BCUT2D eigenvalue weighted by Gasteiger charge is -2.26. The number of hydrogen-bond donors (Lipinski definition) is 4. The van der Waals surface area contributed by atoms with E-state index in [1.807, 2.05) is 0 Å². The molecule has 1 aromatic carbocycles. The molecule has 1 saturated heterocycles. The minimum Gasteiger partial charge on any atom is -0.432 e. The van der Waals surface area contributed by atoms with Gasteiger partial charge in [0.25, 0.3) is 0 Å². The number of nitrogens with zero attached hydrogens (tertiary/aromatic N) is 1. The number of carbonyl (C=O) groups is 3. The molecule has 12 heteroatoms. The van der Waals surface area contributed by atoms with E-state index in [1.165, 1.54) is 13.0 Å². The molecule has 4 amide bonds. The molecule has 0 saturated carbocycles. The molecule has 0 aromatic heterocycles. The molecule has 1 aliphatic heterocycles. The number of amides is 4. The molecular weight excluding hydrogens is 433 g/mol. The number of hydrogen-bond acceptors (Lipinski definition) is 5. The van der Waals surface area contributed by atoms with E-state index in [9.17, 15) is 32.7 Å². The summed E-state index contributed by atoms with van der Waals surface area (Å²) in [6.45, 7) is 0.714. The van der Waals surface area contributed by atoms with E-state index in [-0.39, 0.29) is 24.3 Å². The van der Waals surface area contributed by atoms with E-state index >= 15 is 0 Å². The molecule has 1 fully saturated rings. The number of rotatable bonds is 9. The van der Waals surface area contributed by atoms with Crippen LogP contribution in [0.1, 0.15) is 25.8 Å². The lowest BCUT2D eigenvalue weighted by Crippen LogP contribution is -2.56. The summed E-state index contributed by atoms with van der Waals surface area (Å²) in [5.41, 5.74) is 5.34. The number of halogens is 3. The predicted molar refractivity (Wildman–Crippen MR) is 107 cm³/mol. The van der Waals surface area contributed by atoms with Crippen molar-refractivity contribution in [3.63, 3.8) is 0 Å². The number of benzene rings is 1. The maximum atomic E-state index is 13.9. The summed E-state index contributed by atoms with van der Waals surface area (Å²) < 4.78 is 42.3. The van der Waals surface area contributed by atoms with Crippen molar-refractivity contribution < 1.29 is 37.4 Å². The maximum absolute atomic E-state index is 13.9. The van der Waals surface area contributed by atoms with Crippen LogP contribution in [0.5, 0.6) is 5.75 Å². The Morgan fingerprint density at radius 1 is 1.28 bits per heavy atom. The van der Waals surface area contributed by atoms with E-state index in [0.717, 1.165) is 12.1 Å². The first-order valence-electron chi connectivity index (χ1n) is 10.0. The molecule has 0 aliphatic carbocycles. The molecule has 5 N–H and O–H groups in total. The Morgan fingerprint density at radius 2 is 1.97 bits per heavy atom. The number of ether oxygens (including phenoxy) is 1. The molecular formula is C20H27F3N4O5. The van der Waals surface area contributed by atoms with Gasteiger partial charge in [0.15, 0.2) is 11.6 Å². The molecule has 0 spiro atoms. The van der Waals surface area contributed by atoms with E-state index in [2.05, 4.69) is 15.4 Å². The quantitative estimate of drug-likeness (QED) is 0.431. The van der Waals surface area contributed by atoms with Crippen molar-refractivity contribution in [2.45, 2.75) is 51.5 Å². The fraction of sp³-hybridized carbons (Fsp3) is 0.550. The molecule has 1 aliphatic rings. The van der Waals surface area contributed by atoms with Crippen LogP contribution in [-0.2, 0) is 16.0 Å². The summed E-state index contributed by atoms with van der Waals surface area (Å²) in [6, 6.07) is 0.861. The van der Waals surface area contributed by atoms with Crippen LogP contribution < -0.4 is 21.1 Å². The van der Waals surface area contributed by atoms with Crippen LogP contribution in [0.15, 0.2) is 18.2 Å². The van der Waals surface area contributed by atoms with Crippen LogP contribution in [0.3, 0.4) is 0 Å². The average molecular weight is 460 g/mol. The minimum absolute atomic E-state index is 0.0790. The zero-order chi connectivity index (χ0) is 24.0. The Hall–Kier alpha value is -3.02. The molecule has 4 atom stereocenters. The van der Waals surface area contributed by atoms with Crippen LogP contribution in [0.25, 0.3) is 0 Å². The van der Waals surface area contributed by atoms with Gasteiger partial charge in [-0.2, -0.15) is 8.78 Å². The Morgan fingerprint density at radius 3 is 2.53 bits per heavy atom. The van der Waals surface area contributed by atoms with Gasteiger partial charge in [-0.25, -0.2) is 9.18 Å². The summed E-state index contributed by atoms with van der Waals surface area (Å²) in [5, 5.41) is 14.6. The molecule has 32 heavy (non-hydrogen) atoms. The van der Waals surface area contributed by atoms with E-state index < -0.39 is 42.3 Å². The van der Waals surface area contributed by atoms with Gasteiger partial charge < -0.3 is 31.1 Å². The van der Waals surface area contributed by atoms with Crippen LogP contribution in [-0.4, -0.2) is 65.7 Å². The number of alkyl halides is 2. The third-order valence-corrected chi connectivity index (χ3v) is 5.28. The van der Waals surface area contributed by atoms with E-state index in [0.29, 0.717) is 25.1 Å². The number of primary amides is 1. The minimum atomic E-state index is -3.15. The fourth-order valence-corrected chi connectivity index (χ4v) is 3.54. The lowest BCUT2D eigenvalue weighted by atomic mass is 10.00. The highest BCUT2D eigenvalue weighted by Crippen LogP contribution is 2.23. The Labute approximate surface area is 183 Å². The van der Waals surface area contributed by atoms with Gasteiger partial charge in [0.05, 0.1) is 12.5 Å². The number of carbonyl (C=O) groups excluding carboxylic acids is 3. The van der Waals surface area contributed by atoms with Crippen molar-refractivity contribution in [3.05, 3.63) is 29.6 Å². The number of aliphatic hydroxyl groups excluding tert-OH is 1. The van der Waals surface area contributed by atoms with Gasteiger partial charge in [0, 0.05) is 19.1 Å². The molecule has 1 aromatic rings. The summed E-state index contributed by atoms with van der Waals surface area (Å²) in [7, 11) is 0. The number of likely N-dealkylation sites (tertiary alicyclic amines) is 1. The third kappa shape index (κ3) is 7.01.